The molecule has 3 aromatic rings. The Morgan fingerprint density at radius 1 is 1.48 bits per heavy atom. The van der Waals surface area contributed by atoms with Gasteiger partial charge in [0.15, 0.2) is 5.13 Å². The molecule has 6 heteroatoms. The lowest BCUT2D eigenvalue weighted by molar-refractivity contribution is -0.116. The van der Waals surface area contributed by atoms with Crippen molar-refractivity contribution in [2.75, 3.05) is 4.90 Å². The second-order valence-electron chi connectivity index (χ2n) is 4.75. The molecule has 21 heavy (non-hydrogen) atoms. The number of amides is 1. The fraction of sp³-hybridized carbons (Fsp3) is 0.200. The average molecular weight is 321 g/mol. The summed E-state index contributed by atoms with van der Waals surface area (Å²) in [7, 11) is 0. The highest BCUT2D eigenvalue weighted by molar-refractivity contribution is 7.22. The molecule has 0 atom stereocenters. The Morgan fingerprint density at radius 3 is 2.95 bits per heavy atom. The summed E-state index contributed by atoms with van der Waals surface area (Å²) in [5.41, 5.74) is 1.88. The van der Waals surface area contributed by atoms with E-state index in [0.717, 1.165) is 21.5 Å². The van der Waals surface area contributed by atoms with Crippen LogP contribution in [0.4, 0.5) is 5.13 Å². The zero-order valence-corrected chi connectivity index (χ0v) is 13.2. The highest BCUT2D eigenvalue weighted by atomic mass is 35.5. The van der Waals surface area contributed by atoms with Crippen LogP contribution in [0.2, 0.25) is 5.02 Å². The maximum atomic E-state index is 11.9. The standard InChI is InChI=1S/C15H13ClN2O2S/c1-9-6-11(16)7-13-14(9)17-15(21-13)18(10(2)19)8-12-4-3-5-20-12/h3-7H,8H2,1-2H3. The van der Waals surface area contributed by atoms with Crippen molar-refractivity contribution in [3.05, 3.63) is 46.9 Å². The lowest BCUT2D eigenvalue weighted by Gasteiger charge is -2.15. The monoisotopic (exact) mass is 320 g/mol. The number of aryl methyl sites for hydroxylation is 1. The smallest absolute Gasteiger partial charge is 0.226 e. The summed E-state index contributed by atoms with van der Waals surface area (Å²) in [4.78, 5) is 18.1. The van der Waals surface area contributed by atoms with Crippen LogP contribution < -0.4 is 4.90 Å². The Morgan fingerprint density at radius 2 is 2.29 bits per heavy atom. The van der Waals surface area contributed by atoms with Crippen LogP contribution in [0.5, 0.6) is 0 Å². The van der Waals surface area contributed by atoms with Crippen LogP contribution in [0.15, 0.2) is 34.9 Å². The van der Waals surface area contributed by atoms with Crippen molar-refractivity contribution < 1.29 is 9.21 Å². The summed E-state index contributed by atoms with van der Waals surface area (Å²) >= 11 is 7.53. The first-order chi connectivity index (χ1) is 10.0. The number of anilines is 1. The van der Waals surface area contributed by atoms with Gasteiger partial charge in [0.2, 0.25) is 5.91 Å². The number of hydrogen-bond donors (Lipinski definition) is 0. The summed E-state index contributed by atoms with van der Waals surface area (Å²) in [5, 5.41) is 1.33. The topological polar surface area (TPSA) is 46.3 Å². The second kappa shape index (κ2) is 5.50. The molecule has 0 aliphatic carbocycles. The molecule has 0 N–H and O–H groups in total. The number of nitrogens with zero attached hydrogens (tertiary/aromatic N) is 2. The van der Waals surface area contributed by atoms with Crippen molar-refractivity contribution in [2.45, 2.75) is 20.4 Å². The van der Waals surface area contributed by atoms with Crippen LogP contribution in [0.1, 0.15) is 18.2 Å². The van der Waals surface area contributed by atoms with Gasteiger partial charge in [0.05, 0.1) is 23.0 Å². The first-order valence-electron chi connectivity index (χ1n) is 6.42. The molecule has 0 fully saturated rings. The van der Waals surface area contributed by atoms with Gasteiger partial charge in [0.25, 0.3) is 0 Å². The van der Waals surface area contributed by atoms with E-state index in [2.05, 4.69) is 4.98 Å². The van der Waals surface area contributed by atoms with Gasteiger partial charge >= 0.3 is 0 Å². The summed E-state index contributed by atoms with van der Waals surface area (Å²) in [6.07, 6.45) is 1.59. The van der Waals surface area contributed by atoms with Crippen molar-refractivity contribution in [2.24, 2.45) is 0 Å². The highest BCUT2D eigenvalue weighted by Gasteiger charge is 2.18. The molecule has 2 aromatic heterocycles. The third-order valence-electron chi connectivity index (χ3n) is 3.14. The molecule has 0 radical (unpaired) electrons. The van der Waals surface area contributed by atoms with Gasteiger partial charge in [0.1, 0.15) is 5.76 Å². The molecule has 4 nitrogen and oxygen atoms in total. The molecule has 0 unspecified atom stereocenters. The Balaban J connectivity index is 2.03. The van der Waals surface area contributed by atoms with E-state index in [1.165, 1.54) is 18.3 Å². The molecule has 0 aliphatic rings. The number of carbonyl (C=O) groups excluding carboxylic acids is 1. The van der Waals surface area contributed by atoms with Crippen molar-refractivity contribution in [3.63, 3.8) is 0 Å². The van der Waals surface area contributed by atoms with Gasteiger partial charge in [-0.1, -0.05) is 22.9 Å². The minimum absolute atomic E-state index is 0.0748. The minimum atomic E-state index is -0.0748. The number of furan rings is 1. The predicted molar refractivity (Wildman–Crippen MR) is 84.9 cm³/mol. The number of thiazole rings is 1. The molecular formula is C15H13ClN2O2S. The van der Waals surface area contributed by atoms with Crippen LogP contribution in [0, 0.1) is 6.92 Å². The Bertz CT molecular complexity index is 795. The summed E-state index contributed by atoms with van der Waals surface area (Å²) in [6, 6.07) is 7.38. The first-order valence-corrected chi connectivity index (χ1v) is 7.61. The van der Waals surface area contributed by atoms with Gasteiger partial charge in [0, 0.05) is 11.9 Å². The zero-order valence-electron chi connectivity index (χ0n) is 11.6. The minimum Gasteiger partial charge on any atom is -0.467 e. The third kappa shape index (κ3) is 2.80. The Hall–Kier alpha value is -1.85. The van der Waals surface area contributed by atoms with Crippen LogP contribution in [-0.4, -0.2) is 10.9 Å². The van der Waals surface area contributed by atoms with Crippen LogP contribution in [-0.2, 0) is 11.3 Å². The third-order valence-corrected chi connectivity index (χ3v) is 4.39. The number of fused-ring (bicyclic) bond motifs is 1. The van der Waals surface area contributed by atoms with E-state index in [1.807, 2.05) is 25.1 Å². The van der Waals surface area contributed by atoms with Gasteiger partial charge in [-0.05, 0) is 36.8 Å². The summed E-state index contributed by atoms with van der Waals surface area (Å²) in [5.74, 6) is 0.647. The molecule has 0 spiro atoms. The summed E-state index contributed by atoms with van der Waals surface area (Å²) in [6.45, 7) is 3.85. The molecule has 0 saturated heterocycles. The van der Waals surface area contributed by atoms with E-state index in [0.29, 0.717) is 16.7 Å². The van der Waals surface area contributed by atoms with Gasteiger partial charge in [-0.3, -0.25) is 9.69 Å². The fourth-order valence-electron chi connectivity index (χ4n) is 2.13. The van der Waals surface area contributed by atoms with Crippen molar-refractivity contribution in [3.8, 4) is 0 Å². The lowest BCUT2D eigenvalue weighted by Crippen LogP contribution is -2.27. The lowest BCUT2D eigenvalue weighted by atomic mass is 10.2. The molecule has 0 saturated carbocycles. The van der Waals surface area contributed by atoms with Crippen molar-refractivity contribution in [1.29, 1.82) is 0 Å². The van der Waals surface area contributed by atoms with E-state index in [4.69, 9.17) is 16.0 Å². The van der Waals surface area contributed by atoms with E-state index < -0.39 is 0 Å². The Labute approximate surface area is 131 Å². The number of halogens is 1. The fourth-order valence-corrected chi connectivity index (χ4v) is 3.59. The molecule has 0 bridgehead atoms. The highest BCUT2D eigenvalue weighted by Crippen LogP contribution is 2.33. The van der Waals surface area contributed by atoms with Gasteiger partial charge in [-0.15, -0.1) is 0 Å². The maximum absolute atomic E-state index is 11.9. The van der Waals surface area contributed by atoms with Gasteiger partial charge in [-0.25, -0.2) is 4.98 Å². The zero-order chi connectivity index (χ0) is 15.0. The number of benzene rings is 1. The van der Waals surface area contributed by atoms with E-state index in [-0.39, 0.29) is 5.91 Å². The van der Waals surface area contributed by atoms with Crippen LogP contribution in [0.3, 0.4) is 0 Å². The van der Waals surface area contributed by atoms with Gasteiger partial charge < -0.3 is 4.42 Å². The first kappa shape index (κ1) is 14.1. The molecule has 3 rings (SSSR count). The van der Waals surface area contributed by atoms with Crippen LogP contribution >= 0.6 is 22.9 Å². The van der Waals surface area contributed by atoms with E-state index in [9.17, 15) is 4.79 Å². The average Bonchev–Trinajstić information content (AvgIpc) is 3.03. The molecule has 0 aliphatic heterocycles. The van der Waals surface area contributed by atoms with E-state index in [1.54, 1.807) is 17.2 Å². The van der Waals surface area contributed by atoms with Gasteiger partial charge in [-0.2, -0.15) is 0 Å². The maximum Gasteiger partial charge on any atom is 0.226 e. The van der Waals surface area contributed by atoms with E-state index >= 15 is 0 Å². The number of carbonyl (C=O) groups is 1. The number of rotatable bonds is 3. The van der Waals surface area contributed by atoms with Crippen molar-refractivity contribution in [1.82, 2.24) is 4.98 Å². The molecule has 1 amide bonds. The number of hydrogen-bond acceptors (Lipinski definition) is 4. The molecule has 1 aromatic carbocycles. The molecule has 108 valence electrons. The van der Waals surface area contributed by atoms with Crippen LogP contribution in [0.25, 0.3) is 10.2 Å². The quantitative estimate of drug-likeness (QED) is 0.718. The molecular weight excluding hydrogens is 308 g/mol. The number of aromatic nitrogens is 1. The van der Waals surface area contributed by atoms with Crippen molar-refractivity contribution >= 4 is 44.2 Å². The molecule has 2 heterocycles. The second-order valence-corrected chi connectivity index (χ2v) is 6.20. The normalized spacial score (nSPS) is 11.0. The largest absolute Gasteiger partial charge is 0.467 e. The predicted octanol–water partition coefficient (Wildman–Crippen LogP) is 4.40. The Kier molecular flexibility index (Phi) is 3.69. The summed E-state index contributed by atoms with van der Waals surface area (Å²) < 4.78 is 6.29. The SMILES string of the molecule is CC(=O)N(Cc1ccco1)c1nc2c(C)cc(Cl)cc2s1.